The third-order valence-corrected chi connectivity index (χ3v) is 4.53. The van der Waals surface area contributed by atoms with E-state index in [4.69, 9.17) is 0 Å². The van der Waals surface area contributed by atoms with Gasteiger partial charge in [0.25, 0.3) is 5.91 Å². The maximum Gasteiger partial charge on any atom is 0.258 e. The zero-order valence-electron chi connectivity index (χ0n) is 16.3. The van der Waals surface area contributed by atoms with Crippen molar-refractivity contribution in [3.63, 3.8) is 0 Å². The molecule has 0 fully saturated rings. The van der Waals surface area contributed by atoms with Gasteiger partial charge in [-0.2, -0.15) is 0 Å². The Morgan fingerprint density at radius 1 is 0.793 bits per heavy atom. The van der Waals surface area contributed by atoms with Gasteiger partial charge < -0.3 is 5.32 Å². The van der Waals surface area contributed by atoms with Crippen molar-refractivity contribution in [2.24, 2.45) is 0 Å². The summed E-state index contributed by atoms with van der Waals surface area (Å²) in [4.78, 5) is 24.7. The zero-order chi connectivity index (χ0) is 21.0. The van der Waals surface area contributed by atoms with E-state index in [2.05, 4.69) is 5.32 Å². The molecule has 0 unspecified atom stereocenters. The fraction of sp³-hybridized carbons (Fsp3) is 0.167. The van der Waals surface area contributed by atoms with Crippen LogP contribution in [-0.4, -0.2) is 11.7 Å². The predicted molar refractivity (Wildman–Crippen MR) is 109 cm³/mol. The average Bonchev–Trinajstić information content (AvgIpc) is 2.66. The van der Waals surface area contributed by atoms with Gasteiger partial charge in [-0.3, -0.25) is 9.59 Å². The monoisotopic (exact) mass is 393 g/mol. The van der Waals surface area contributed by atoms with Gasteiger partial charge in [-0.05, 0) is 49.2 Å². The number of ketones is 1. The minimum absolute atomic E-state index is 0.0239. The summed E-state index contributed by atoms with van der Waals surface area (Å²) < 4.78 is 28.1. The molecule has 0 saturated heterocycles. The lowest BCUT2D eigenvalue weighted by molar-refractivity contribution is -0.117. The molecule has 3 nitrogen and oxygen atoms in total. The van der Waals surface area contributed by atoms with Gasteiger partial charge in [0.1, 0.15) is 17.4 Å². The first-order valence-electron chi connectivity index (χ1n) is 9.25. The summed E-state index contributed by atoms with van der Waals surface area (Å²) in [6.07, 6.45) is 0.380. The average molecular weight is 393 g/mol. The Morgan fingerprint density at radius 3 is 2.17 bits per heavy atom. The topological polar surface area (TPSA) is 46.2 Å². The predicted octanol–water partition coefficient (Wildman–Crippen LogP) is 5.19. The second-order valence-corrected chi connectivity index (χ2v) is 7.13. The highest BCUT2D eigenvalue weighted by atomic mass is 19.1. The summed E-state index contributed by atoms with van der Waals surface area (Å²) in [5.74, 6) is -2.10. The van der Waals surface area contributed by atoms with Crippen LogP contribution in [0.2, 0.25) is 0 Å². The summed E-state index contributed by atoms with van der Waals surface area (Å²) in [5.41, 5.74) is 3.03. The van der Waals surface area contributed by atoms with Crippen molar-refractivity contribution in [3.8, 4) is 0 Å². The van der Waals surface area contributed by atoms with E-state index in [-0.39, 0.29) is 29.9 Å². The lowest BCUT2D eigenvalue weighted by Gasteiger charge is -2.10. The van der Waals surface area contributed by atoms with E-state index in [1.807, 2.05) is 31.2 Å². The fourth-order valence-electron chi connectivity index (χ4n) is 3.12. The summed E-state index contributed by atoms with van der Waals surface area (Å²) in [6, 6.07) is 15.9. The molecule has 0 aliphatic heterocycles. The number of benzene rings is 3. The number of carbonyl (C=O) groups is 2. The van der Waals surface area contributed by atoms with Crippen LogP contribution in [0.3, 0.4) is 0 Å². The van der Waals surface area contributed by atoms with Crippen LogP contribution in [0.15, 0.2) is 60.7 Å². The first-order chi connectivity index (χ1) is 13.8. The van der Waals surface area contributed by atoms with E-state index in [0.717, 1.165) is 11.1 Å². The Hall–Kier alpha value is -3.34. The van der Waals surface area contributed by atoms with E-state index >= 15 is 0 Å². The highest BCUT2D eigenvalue weighted by Crippen LogP contribution is 2.20. The van der Waals surface area contributed by atoms with E-state index < -0.39 is 17.5 Å². The minimum atomic E-state index is -0.742. The summed E-state index contributed by atoms with van der Waals surface area (Å²) in [6.45, 7) is 3.69. The number of aryl methyl sites for hydroxylation is 2. The molecule has 0 aliphatic rings. The Morgan fingerprint density at radius 2 is 1.45 bits per heavy atom. The normalized spacial score (nSPS) is 10.6. The van der Waals surface area contributed by atoms with Crippen molar-refractivity contribution in [1.82, 2.24) is 0 Å². The highest BCUT2D eigenvalue weighted by molar-refractivity contribution is 6.04. The standard InChI is InChI=1S/C24H21F2NO2/c1-15-4-3-5-17(10-15)12-19(28)13-18-7-9-22(26)23(14-18)27-24(29)20-11-16(2)6-8-21(20)25/h3-11,14H,12-13H2,1-2H3,(H,27,29). The SMILES string of the molecule is Cc1cccc(CC(=O)Cc2ccc(F)c(NC(=O)c3cc(C)ccc3F)c2)c1. The van der Waals surface area contributed by atoms with Crippen LogP contribution in [-0.2, 0) is 17.6 Å². The van der Waals surface area contributed by atoms with E-state index in [1.54, 1.807) is 13.0 Å². The fourth-order valence-corrected chi connectivity index (χ4v) is 3.12. The number of nitrogens with one attached hydrogen (secondary N) is 1. The number of anilines is 1. The number of carbonyl (C=O) groups excluding carboxylic acids is 2. The molecule has 0 aliphatic carbocycles. The molecule has 148 valence electrons. The maximum absolute atomic E-state index is 14.2. The van der Waals surface area contributed by atoms with Crippen molar-refractivity contribution in [3.05, 3.63) is 100 Å². The first kappa shape index (κ1) is 20.4. The molecule has 1 N–H and O–H groups in total. The molecule has 29 heavy (non-hydrogen) atoms. The molecule has 3 rings (SSSR count). The van der Waals surface area contributed by atoms with Gasteiger partial charge in [0.15, 0.2) is 0 Å². The molecule has 5 heteroatoms. The summed E-state index contributed by atoms with van der Waals surface area (Å²) in [7, 11) is 0. The van der Waals surface area contributed by atoms with Gasteiger partial charge in [-0.25, -0.2) is 8.78 Å². The number of halogens is 2. The summed E-state index contributed by atoms with van der Waals surface area (Å²) in [5, 5.41) is 2.40. The van der Waals surface area contributed by atoms with Crippen LogP contribution in [0.1, 0.15) is 32.6 Å². The molecule has 1 amide bonds. The van der Waals surface area contributed by atoms with E-state index in [1.165, 1.54) is 30.3 Å². The Labute approximate surface area is 168 Å². The third-order valence-electron chi connectivity index (χ3n) is 4.53. The van der Waals surface area contributed by atoms with Crippen molar-refractivity contribution in [2.45, 2.75) is 26.7 Å². The highest BCUT2D eigenvalue weighted by Gasteiger charge is 2.15. The Bertz CT molecular complexity index is 1080. The molecule has 0 radical (unpaired) electrons. The second kappa shape index (κ2) is 8.78. The van der Waals surface area contributed by atoms with Gasteiger partial charge >= 0.3 is 0 Å². The number of rotatable bonds is 6. The van der Waals surface area contributed by atoms with Gasteiger partial charge in [-0.15, -0.1) is 0 Å². The van der Waals surface area contributed by atoms with Crippen LogP contribution >= 0.6 is 0 Å². The van der Waals surface area contributed by atoms with Crippen molar-refractivity contribution in [1.29, 1.82) is 0 Å². The van der Waals surface area contributed by atoms with Crippen LogP contribution in [0.25, 0.3) is 0 Å². The van der Waals surface area contributed by atoms with Gasteiger partial charge in [0.05, 0.1) is 11.3 Å². The summed E-state index contributed by atoms with van der Waals surface area (Å²) >= 11 is 0. The van der Waals surface area contributed by atoms with E-state index in [9.17, 15) is 18.4 Å². The zero-order valence-corrected chi connectivity index (χ0v) is 16.3. The molecule has 0 saturated carbocycles. The second-order valence-electron chi connectivity index (χ2n) is 7.13. The van der Waals surface area contributed by atoms with Crippen LogP contribution in [0.5, 0.6) is 0 Å². The van der Waals surface area contributed by atoms with Gasteiger partial charge in [0, 0.05) is 12.8 Å². The number of Topliss-reactive ketones (excluding diaryl/α,β-unsaturated/α-hetero) is 1. The Balaban J connectivity index is 1.73. The van der Waals surface area contributed by atoms with Crippen LogP contribution in [0, 0.1) is 25.5 Å². The lowest BCUT2D eigenvalue weighted by atomic mass is 10.0. The molecule has 0 bridgehead atoms. The number of hydrogen-bond donors (Lipinski definition) is 1. The molecular weight excluding hydrogens is 372 g/mol. The first-order valence-corrected chi connectivity index (χ1v) is 9.25. The largest absolute Gasteiger partial charge is 0.319 e. The maximum atomic E-state index is 14.2. The molecule has 0 heterocycles. The third kappa shape index (κ3) is 5.35. The Kier molecular flexibility index (Phi) is 6.17. The number of hydrogen-bond acceptors (Lipinski definition) is 2. The molecule has 3 aromatic carbocycles. The molecule has 0 spiro atoms. The molecule has 0 aromatic heterocycles. The number of amides is 1. The van der Waals surface area contributed by atoms with Crippen LogP contribution in [0.4, 0.5) is 14.5 Å². The quantitative estimate of drug-likeness (QED) is 0.627. The van der Waals surface area contributed by atoms with E-state index in [0.29, 0.717) is 11.1 Å². The van der Waals surface area contributed by atoms with Crippen LogP contribution < -0.4 is 5.32 Å². The lowest BCUT2D eigenvalue weighted by Crippen LogP contribution is -2.15. The van der Waals surface area contributed by atoms with Crippen molar-refractivity contribution < 1.29 is 18.4 Å². The van der Waals surface area contributed by atoms with Crippen molar-refractivity contribution >= 4 is 17.4 Å². The molecular formula is C24H21F2NO2. The van der Waals surface area contributed by atoms with Crippen molar-refractivity contribution in [2.75, 3.05) is 5.32 Å². The van der Waals surface area contributed by atoms with Gasteiger partial charge in [-0.1, -0.05) is 47.5 Å². The van der Waals surface area contributed by atoms with Gasteiger partial charge in [0.2, 0.25) is 0 Å². The minimum Gasteiger partial charge on any atom is -0.319 e. The molecule has 0 atom stereocenters. The smallest absolute Gasteiger partial charge is 0.258 e. The molecule has 3 aromatic rings.